The predicted molar refractivity (Wildman–Crippen MR) is 61.8 cm³/mol. The van der Waals surface area contributed by atoms with Gasteiger partial charge in [0.25, 0.3) is 0 Å². The molecule has 1 aromatic rings. The molecular weight excluding hydrogens is 168 g/mol. The highest BCUT2D eigenvalue weighted by Gasteiger charge is 2.29. The first-order valence-corrected chi connectivity index (χ1v) is 5.70. The van der Waals surface area contributed by atoms with Crippen LogP contribution in [0.5, 0.6) is 0 Å². The van der Waals surface area contributed by atoms with Crippen LogP contribution in [0.25, 0.3) is 0 Å². The van der Waals surface area contributed by atoms with Gasteiger partial charge in [-0.15, -0.1) is 0 Å². The zero-order chi connectivity index (χ0) is 10.3. The van der Waals surface area contributed by atoms with E-state index in [2.05, 4.69) is 45.9 Å². The minimum absolute atomic E-state index is 0.762. The van der Waals surface area contributed by atoms with Crippen molar-refractivity contribution < 1.29 is 0 Å². The van der Waals surface area contributed by atoms with Crippen LogP contribution in [0.1, 0.15) is 55.7 Å². The molecule has 14 heavy (non-hydrogen) atoms. The Bertz CT molecular complexity index is 336. The molecule has 0 saturated heterocycles. The van der Waals surface area contributed by atoms with Crippen LogP contribution < -0.4 is 0 Å². The number of benzene rings is 1. The molecule has 1 aliphatic rings. The summed E-state index contributed by atoms with van der Waals surface area (Å²) in [6.45, 7) is 9.24. The molecule has 0 saturated carbocycles. The maximum absolute atomic E-state index is 2.39. The fourth-order valence-corrected chi connectivity index (χ4v) is 2.73. The lowest BCUT2D eigenvalue weighted by Crippen LogP contribution is -2.02. The first-order valence-electron chi connectivity index (χ1n) is 5.70. The van der Waals surface area contributed by atoms with Gasteiger partial charge in [-0.1, -0.05) is 44.5 Å². The average Bonchev–Trinajstić information content (AvgIpc) is 2.43. The van der Waals surface area contributed by atoms with Crippen molar-refractivity contribution in [1.29, 1.82) is 0 Å². The van der Waals surface area contributed by atoms with Crippen LogP contribution in [-0.2, 0) is 0 Å². The summed E-state index contributed by atoms with van der Waals surface area (Å²) >= 11 is 0. The Morgan fingerprint density at radius 3 is 2.57 bits per heavy atom. The number of fused-ring (bicyclic) bond motifs is 1. The van der Waals surface area contributed by atoms with E-state index in [1.165, 1.54) is 12.0 Å². The van der Waals surface area contributed by atoms with Crippen molar-refractivity contribution in [3.8, 4) is 0 Å². The summed E-state index contributed by atoms with van der Waals surface area (Å²) in [5.41, 5.74) is 4.62. The van der Waals surface area contributed by atoms with E-state index in [-0.39, 0.29) is 0 Å². The second-order valence-electron chi connectivity index (χ2n) is 5.12. The second-order valence-corrected chi connectivity index (χ2v) is 5.12. The molecule has 0 bridgehead atoms. The van der Waals surface area contributed by atoms with Gasteiger partial charge in [-0.05, 0) is 42.2 Å². The van der Waals surface area contributed by atoms with Crippen molar-refractivity contribution >= 4 is 0 Å². The van der Waals surface area contributed by atoms with E-state index in [9.17, 15) is 0 Å². The zero-order valence-electron chi connectivity index (χ0n) is 9.67. The van der Waals surface area contributed by atoms with Gasteiger partial charge in [-0.2, -0.15) is 0 Å². The molecule has 76 valence electrons. The number of hydrogen-bond donors (Lipinski definition) is 0. The normalized spacial score (nSPS) is 25.5. The fourth-order valence-electron chi connectivity index (χ4n) is 2.73. The summed E-state index contributed by atoms with van der Waals surface area (Å²) < 4.78 is 0. The Morgan fingerprint density at radius 1 is 1.21 bits per heavy atom. The third kappa shape index (κ3) is 1.47. The van der Waals surface area contributed by atoms with E-state index in [1.54, 1.807) is 11.1 Å². The van der Waals surface area contributed by atoms with Crippen molar-refractivity contribution in [2.75, 3.05) is 0 Å². The van der Waals surface area contributed by atoms with Gasteiger partial charge in [0.05, 0.1) is 0 Å². The molecule has 0 heterocycles. The highest BCUT2D eigenvalue weighted by Crippen LogP contribution is 2.45. The quantitative estimate of drug-likeness (QED) is 0.618. The largest absolute Gasteiger partial charge is 0.0622 e. The molecule has 0 amide bonds. The fraction of sp³-hybridized carbons (Fsp3) is 0.571. The Kier molecular flexibility index (Phi) is 2.38. The molecule has 0 aliphatic heterocycles. The number of rotatable bonds is 1. The molecule has 0 spiro atoms. The monoisotopic (exact) mass is 188 g/mol. The molecule has 2 rings (SSSR count). The molecule has 0 radical (unpaired) electrons. The smallest absolute Gasteiger partial charge is 0.0130 e. The molecular formula is C14H20. The lowest BCUT2D eigenvalue weighted by Gasteiger charge is -2.16. The van der Waals surface area contributed by atoms with E-state index in [0.717, 1.165) is 17.8 Å². The lowest BCUT2D eigenvalue weighted by atomic mass is 9.89. The van der Waals surface area contributed by atoms with Gasteiger partial charge in [-0.3, -0.25) is 0 Å². The molecule has 0 N–H and O–H groups in total. The van der Waals surface area contributed by atoms with Crippen molar-refractivity contribution in [3.05, 3.63) is 34.9 Å². The van der Waals surface area contributed by atoms with Crippen molar-refractivity contribution in [1.82, 2.24) is 0 Å². The zero-order valence-corrected chi connectivity index (χ0v) is 9.67. The summed E-state index contributed by atoms with van der Waals surface area (Å²) in [6, 6.07) is 6.97. The SMILES string of the molecule is Cc1ccc2c(c1)C(C(C)C)CC2C. The molecule has 2 atom stereocenters. The van der Waals surface area contributed by atoms with Gasteiger partial charge in [-0.25, -0.2) is 0 Å². The van der Waals surface area contributed by atoms with E-state index in [0.29, 0.717) is 0 Å². The van der Waals surface area contributed by atoms with Crippen LogP contribution in [-0.4, -0.2) is 0 Å². The number of hydrogen-bond acceptors (Lipinski definition) is 0. The summed E-state index contributed by atoms with van der Waals surface area (Å²) in [5.74, 6) is 2.33. The maximum Gasteiger partial charge on any atom is -0.0130 e. The molecule has 0 heteroatoms. The molecule has 0 nitrogen and oxygen atoms in total. The van der Waals surface area contributed by atoms with Crippen molar-refractivity contribution in [2.24, 2.45) is 5.92 Å². The lowest BCUT2D eigenvalue weighted by molar-refractivity contribution is 0.475. The van der Waals surface area contributed by atoms with Gasteiger partial charge >= 0.3 is 0 Å². The van der Waals surface area contributed by atoms with E-state index >= 15 is 0 Å². The third-order valence-corrected chi connectivity index (χ3v) is 3.58. The summed E-state index contributed by atoms with van der Waals surface area (Å²) in [6.07, 6.45) is 1.34. The average molecular weight is 188 g/mol. The summed E-state index contributed by atoms with van der Waals surface area (Å²) in [7, 11) is 0. The molecule has 2 unspecified atom stereocenters. The highest BCUT2D eigenvalue weighted by molar-refractivity contribution is 5.40. The Balaban J connectivity index is 2.45. The van der Waals surface area contributed by atoms with E-state index in [1.807, 2.05) is 0 Å². The molecule has 1 aliphatic carbocycles. The van der Waals surface area contributed by atoms with Gasteiger partial charge in [0, 0.05) is 0 Å². The van der Waals surface area contributed by atoms with E-state index in [4.69, 9.17) is 0 Å². The summed E-state index contributed by atoms with van der Waals surface area (Å²) in [5, 5.41) is 0. The maximum atomic E-state index is 2.39. The minimum Gasteiger partial charge on any atom is -0.0622 e. The standard InChI is InChI=1S/C14H20/c1-9(2)13-8-11(4)12-6-5-10(3)7-14(12)13/h5-7,9,11,13H,8H2,1-4H3. The van der Waals surface area contributed by atoms with Crippen molar-refractivity contribution in [2.45, 2.75) is 46.0 Å². The van der Waals surface area contributed by atoms with Crippen LogP contribution >= 0.6 is 0 Å². The van der Waals surface area contributed by atoms with Gasteiger partial charge in [0.15, 0.2) is 0 Å². The minimum atomic E-state index is 0.762. The van der Waals surface area contributed by atoms with Crippen LogP contribution in [0.4, 0.5) is 0 Å². The van der Waals surface area contributed by atoms with E-state index < -0.39 is 0 Å². The van der Waals surface area contributed by atoms with Gasteiger partial charge < -0.3 is 0 Å². The van der Waals surface area contributed by atoms with Gasteiger partial charge in [0.1, 0.15) is 0 Å². The Morgan fingerprint density at radius 2 is 1.93 bits per heavy atom. The van der Waals surface area contributed by atoms with Crippen molar-refractivity contribution in [3.63, 3.8) is 0 Å². The second kappa shape index (κ2) is 3.42. The van der Waals surface area contributed by atoms with Crippen LogP contribution in [0.2, 0.25) is 0 Å². The third-order valence-electron chi connectivity index (χ3n) is 3.58. The predicted octanol–water partition coefficient (Wildman–Crippen LogP) is 4.24. The first-order chi connectivity index (χ1) is 6.59. The molecule has 0 fully saturated rings. The van der Waals surface area contributed by atoms with Crippen LogP contribution in [0, 0.1) is 12.8 Å². The molecule has 1 aromatic carbocycles. The Hall–Kier alpha value is -0.780. The highest BCUT2D eigenvalue weighted by atomic mass is 14.3. The topological polar surface area (TPSA) is 0 Å². The van der Waals surface area contributed by atoms with Gasteiger partial charge in [0.2, 0.25) is 0 Å². The van der Waals surface area contributed by atoms with Crippen LogP contribution in [0.15, 0.2) is 18.2 Å². The first kappa shape index (κ1) is 9.76. The summed E-state index contributed by atoms with van der Waals surface area (Å²) in [4.78, 5) is 0. The number of aryl methyl sites for hydroxylation is 1. The molecule has 0 aromatic heterocycles. The van der Waals surface area contributed by atoms with Crippen LogP contribution in [0.3, 0.4) is 0 Å². The Labute approximate surface area is 87.3 Å².